The second-order valence-corrected chi connectivity index (χ2v) is 6.23. The summed E-state index contributed by atoms with van der Waals surface area (Å²) in [6.07, 6.45) is 2.57. The molecule has 0 aromatic carbocycles. The van der Waals surface area contributed by atoms with Crippen LogP contribution in [0.2, 0.25) is 0 Å². The van der Waals surface area contributed by atoms with Crippen LogP contribution in [-0.2, 0) is 4.74 Å². The Kier molecular flexibility index (Phi) is 3.83. The van der Waals surface area contributed by atoms with Gasteiger partial charge in [-0.05, 0) is 43.9 Å². The van der Waals surface area contributed by atoms with E-state index in [2.05, 4.69) is 20.8 Å². The van der Waals surface area contributed by atoms with Crippen LogP contribution in [0.15, 0.2) is 0 Å². The van der Waals surface area contributed by atoms with Gasteiger partial charge in [0, 0.05) is 0 Å². The lowest BCUT2D eigenvalue weighted by Gasteiger charge is -2.33. The summed E-state index contributed by atoms with van der Waals surface area (Å²) in [5, 5.41) is 9.13. The van der Waals surface area contributed by atoms with E-state index in [4.69, 9.17) is 9.84 Å². The number of hydrogen-bond donors (Lipinski definition) is 1. The van der Waals surface area contributed by atoms with Crippen LogP contribution in [-0.4, -0.2) is 23.9 Å². The molecule has 1 rings (SSSR count). The van der Waals surface area contributed by atoms with Crippen LogP contribution < -0.4 is 0 Å². The summed E-state index contributed by atoms with van der Waals surface area (Å²) < 4.78 is 5.80. The van der Waals surface area contributed by atoms with Gasteiger partial charge in [0.1, 0.15) is 0 Å². The number of aliphatic hydroxyl groups excluding tert-OH is 1. The zero-order chi connectivity index (χ0) is 11.7. The molecule has 2 atom stereocenters. The Balaban J connectivity index is 2.47. The summed E-state index contributed by atoms with van der Waals surface area (Å²) in [5.41, 5.74) is -0.00650. The molecule has 1 N–H and O–H groups in total. The molecule has 1 aliphatic rings. The third-order valence-corrected chi connectivity index (χ3v) is 4.33. The van der Waals surface area contributed by atoms with Gasteiger partial charge in [0.25, 0.3) is 0 Å². The third-order valence-electron chi connectivity index (χ3n) is 4.33. The standard InChI is InChI=1S/C13H26O2/c1-10-6-7-11(13(10,4)5)8-15-12(2,3)9-14/h10-11,14H,6-9H2,1-5H3. The maximum atomic E-state index is 9.13. The summed E-state index contributed by atoms with van der Waals surface area (Å²) in [5.74, 6) is 1.42. The maximum absolute atomic E-state index is 9.13. The molecular formula is C13H26O2. The van der Waals surface area contributed by atoms with E-state index in [1.807, 2.05) is 13.8 Å². The largest absolute Gasteiger partial charge is 0.393 e. The Labute approximate surface area is 94.0 Å². The molecule has 15 heavy (non-hydrogen) atoms. The minimum atomic E-state index is -0.387. The lowest BCUT2D eigenvalue weighted by atomic mass is 9.76. The van der Waals surface area contributed by atoms with Crippen molar-refractivity contribution < 1.29 is 9.84 Å². The first kappa shape index (κ1) is 13.0. The quantitative estimate of drug-likeness (QED) is 0.779. The van der Waals surface area contributed by atoms with Gasteiger partial charge in [0.05, 0.1) is 18.8 Å². The van der Waals surface area contributed by atoms with E-state index in [0.717, 1.165) is 12.5 Å². The van der Waals surface area contributed by atoms with Crippen molar-refractivity contribution in [3.63, 3.8) is 0 Å². The van der Waals surface area contributed by atoms with Gasteiger partial charge in [-0.2, -0.15) is 0 Å². The Bertz CT molecular complexity index is 209. The minimum Gasteiger partial charge on any atom is -0.393 e. The molecular weight excluding hydrogens is 188 g/mol. The first-order valence-electron chi connectivity index (χ1n) is 6.04. The van der Waals surface area contributed by atoms with Crippen molar-refractivity contribution >= 4 is 0 Å². The second kappa shape index (κ2) is 4.42. The van der Waals surface area contributed by atoms with Crippen LogP contribution in [0.1, 0.15) is 47.5 Å². The fraction of sp³-hybridized carbons (Fsp3) is 1.00. The molecule has 0 aromatic heterocycles. The highest BCUT2D eigenvalue weighted by molar-refractivity contribution is 4.90. The van der Waals surface area contributed by atoms with E-state index in [1.165, 1.54) is 12.8 Å². The molecule has 0 radical (unpaired) electrons. The summed E-state index contributed by atoms with van der Waals surface area (Å²) >= 11 is 0. The number of rotatable bonds is 4. The molecule has 1 aliphatic carbocycles. The second-order valence-electron chi connectivity index (χ2n) is 6.23. The normalized spacial score (nSPS) is 30.8. The van der Waals surface area contributed by atoms with Crippen molar-refractivity contribution in [1.82, 2.24) is 0 Å². The summed E-state index contributed by atoms with van der Waals surface area (Å²) in [4.78, 5) is 0. The molecule has 2 heteroatoms. The molecule has 0 aliphatic heterocycles. The average Bonchev–Trinajstić information content (AvgIpc) is 2.40. The highest BCUT2D eigenvalue weighted by Gasteiger charge is 2.40. The van der Waals surface area contributed by atoms with Gasteiger partial charge in [-0.3, -0.25) is 0 Å². The van der Waals surface area contributed by atoms with E-state index in [9.17, 15) is 0 Å². The zero-order valence-electron chi connectivity index (χ0n) is 10.8. The topological polar surface area (TPSA) is 29.5 Å². The zero-order valence-corrected chi connectivity index (χ0v) is 10.8. The van der Waals surface area contributed by atoms with Gasteiger partial charge in [0.15, 0.2) is 0 Å². The number of ether oxygens (including phenoxy) is 1. The number of hydrogen-bond acceptors (Lipinski definition) is 2. The molecule has 2 unspecified atom stereocenters. The predicted octanol–water partition coefficient (Wildman–Crippen LogP) is 2.85. The van der Waals surface area contributed by atoms with Crippen molar-refractivity contribution in [1.29, 1.82) is 0 Å². The highest BCUT2D eigenvalue weighted by atomic mass is 16.5. The molecule has 0 spiro atoms. The van der Waals surface area contributed by atoms with Crippen LogP contribution in [0, 0.1) is 17.3 Å². The van der Waals surface area contributed by atoms with Crippen LogP contribution in [0.3, 0.4) is 0 Å². The molecule has 0 amide bonds. The van der Waals surface area contributed by atoms with E-state index in [1.54, 1.807) is 0 Å². The minimum absolute atomic E-state index is 0.0930. The summed E-state index contributed by atoms with van der Waals surface area (Å²) in [7, 11) is 0. The molecule has 1 saturated carbocycles. The van der Waals surface area contributed by atoms with Crippen LogP contribution in [0.4, 0.5) is 0 Å². The van der Waals surface area contributed by atoms with Crippen LogP contribution >= 0.6 is 0 Å². The molecule has 0 heterocycles. The number of aliphatic hydroxyl groups is 1. The fourth-order valence-corrected chi connectivity index (χ4v) is 2.27. The molecule has 0 bridgehead atoms. The first-order valence-corrected chi connectivity index (χ1v) is 6.04. The van der Waals surface area contributed by atoms with Crippen molar-refractivity contribution in [2.75, 3.05) is 13.2 Å². The van der Waals surface area contributed by atoms with Crippen molar-refractivity contribution in [2.24, 2.45) is 17.3 Å². The molecule has 90 valence electrons. The molecule has 0 aromatic rings. The van der Waals surface area contributed by atoms with E-state index >= 15 is 0 Å². The van der Waals surface area contributed by atoms with Gasteiger partial charge < -0.3 is 9.84 Å². The fourth-order valence-electron chi connectivity index (χ4n) is 2.27. The van der Waals surface area contributed by atoms with E-state index < -0.39 is 0 Å². The molecule has 1 fully saturated rings. The van der Waals surface area contributed by atoms with Gasteiger partial charge in [-0.25, -0.2) is 0 Å². The SMILES string of the molecule is CC1CCC(COC(C)(C)CO)C1(C)C. The average molecular weight is 214 g/mol. The van der Waals surface area contributed by atoms with E-state index in [-0.39, 0.29) is 12.2 Å². The Morgan fingerprint density at radius 3 is 2.33 bits per heavy atom. The summed E-state index contributed by atoms with van der Waals surface area (Å²) in [6, 6.07) is 0. The Morgan fingerprint density at radius 1 is 1.33 bits per heavy atom. The smallest absolute Gasteiger partial charge is 0.0856 e. The highest BCUT2D eigenvalue weighted by Crippen LogP contribution is 2.47. The maximum Gasteiger partial charge on any atom is 0.0856 e. The lowest BCUT2D eigenvalue weighted by molar-refractivity contribution is -0.0792. The lowest BCUT2D eigenvalue weighted by Crippen LogP contribution is -2.34. The van der Waals surface area contributed by atoms with Gasteiger partial charge in [-0.1, -0.05) is 20.8 Å². The van der Waals surface area contributed by atoms with Gasteiger partial charge >= 0.3 is 0 Å². The molecule has 0 saturated heterocycles. The van der Waals surface area contributed by atoms with Crippen molar-refractivity contribution in [3.8, 4) is 0 Å². The van der Waals surface area contributed by atoms with Crippen LogP contribution in [0.5, 0.6) is 0 Å². The van der Waals surface area contributed by atoms with E-state index in [0.29, 0.717) is 11.3 Å². The van der Waals surface area contributed by atoms with Gasteiger partial charge in [0.2, 0.25) is 0 Å². The Morgan fingerprint density at radius 2 is 1.93 bits per heavy atom. The van der Waals surface area contributed by atoms with Crippen LogP contribution in [0.25, 0.3) is 0 Å². The van der Waals surface area contributed by atoms with Crippen molar-refractivity contribution in [2.45, 2.75) is 53.1 Å². The monoisotopic (exact) mass is 214 g/mol. The molecule has 2 nitrogen and oxygen atoms in total. The Hall–Kier alpha value is -0.0800. The first-order chi connectivity index (χ1) is 6.79. The predicted molar refractivity (Wildman–Crippen MR) is 62.8 cm³/mol. The van der Waals surface area contributed by atoms with Gasteiger partial charge in [-0.15, -0.1) is 0 Å². The summed E-state index contributed by atoms with van der Waals surface area (Å²) in [6.45, 7) is 11.8. The third kappa shape index (κ3) is 2.94. The van der Waals surface area contributed by atoms with Crippen molar-refractivity contribution in [3.05, 3.63) is 0 Å².